The highest BCUT2D eigenvalue weighted by Gasteiger charge is 2.24. The number of hydrogen-bond acceptors (Lipinski definition) is 2. The molecule has 0 aromatic heterocycles. The van der Waals surface area contributed by atoms with Gasteiger partial charge in [0.25, 0.3) is 0 Å². The molecule has 0 saturated heterocycles. The maximum Gasteiger partial charge on any atom is 0.0406 e. The van der Waals surface area contributed by atoms with Gasteiger partial charge in [-0.25, -0.2) is 0 Å². The molecule has 1 aliphatic carbocycles. The highest BCUT2D eigenvalue weighted by molar-refractivity contribution is 6.30. The van der Waals surface area contributed by atoms with Crippen LogP contribution in [0.2, 0.25) is 5.02 Å². The average Bonchev–Trinajstić information content (AvgIpc) is 3.05. The van der Waals surface area contributed by atoms with Crippen LogP contribution >= 0.6 is 11.6 Å². The molecule has 1 aliphatic rings. The molecule has 0 bridgehead atoms. The first-order valence-corrected chi connectivity index (χ1v) is 6.70. The van der Waals surface area contributed by atoms with Crippen molar-refractivity contribution in [3.8, 4) is 0 Å². The Balaban J connectivity index is 1.75. The van der Waals surface area contributed by atoms with Crippen molar-refractivity contribution >= 4 is 11.6 Å². The van der Waals surface area contributed by atoms with Crippen LogP contribution in [0.5, 0.6) is 0 Å². The predicted octanol–water partition coefficient (Wildman–Crippen LogP) is 2.90. The summed E-state index contributed by atoms with van der Waals surface area (Å²) in [7, 11) is 2.13. The molecular formula is C14H21ClN2. The molecule has 17 heavy (non-hydrogen) atoms. The van der Waals surface area contributed by atoms with Crippen LogP contribution in [0.1, 0.15) is 24.8 Å². The third-order valence-electron chi connectivity index (χ3n) is 3.24. The SMILES string of the molecule is CN(Cc1ccc(Cl)cc1)C[C@@H](N)CC1CC1. The molecule has 2 N–H and O–H groups in total. The van der Waals surface area contributed by atoms with E-state index in [1.54, 1.807) is 0 Å². The number of hydrogen-bond donors (Lipinski definition) is 1. The van der Waals surface area contributed by atoms with Crippen molar-refractivity contribution in [1.29, 1.82) is 0 Å². The van der Waals surface area contributed by atoms with Crippen LogP contribution in [0.3, 0.4) is 0 Å². The minimum Gasteiger partial charge on any atom is -0.327 e. The van der Waals surface area contributed by atoms with Crippen molar-refractivity contribution in [3.63, 3.8) is 0 Å². The Kier molecular flexibility index (Phi) is 4.43. The van der Waals surface area contributed by atoms with Gasteiger partial charge in [0.1, 0.15) is 0 Å². The van der Waals surface area contributed by atoms with Crippen molar-refractivity contribution in [2.75, 3.05) is 13.6 Å². The molecule has 2 nitrogen and oxygen atoms in total. The lowest BCUT2D eigenvalue weighted by Crippen LogP contribution is -2.35. The van der Waals surface area contributed by atoms with Gasteiger partial charge >= 0.3 is 0 Å². The third-order valence-corrected chi connectivity index (χ3v) is 3.50. The summed E-state index contributed by atoms with van der Waals surface area (Å²) in [5.41, 5.74) is 7.42. The van der Waals surface area contributed by atoms with Crippen molar-refractivity contribution < 1.29 is 0 Å². The van der Waals surface area contributed by atoms with E-state index < -0.39 is 0 Å². The van der Waals surface area contributed by atoms with Gasteiger partial charge in [0.15, 0.2) is 0 Å². The summed E-state index contributed by atoms with van der Waals surface area (Å²) in [4.78, 5) is 2.29. The summed E-state index contributed by atoms with van der Waals surface area (Å²) in [6.07, 6.45) is 3.95. The number of likely N-dealkylation sites (N-methyl/N-ethyl adjacent to an activating group) is 1. The summed E-state index contributed by atoms with van der Waals surface area (Å²) in [6, 6.07) is 8.35. The summed E-state index contributed by atoms with van der Waals surface area (Å²) >= 11 is 5.86. The van der Waals surface area contributed by atoms with E-state index in [2.05, 4.69) is 24.1 Å². The Morgan fingerprint density at radius 3 is 2.59 bits per heavy atom. The molecule has 3 heteroatoms. The Bertz CT molecular complexity index is 346. The van der Waals surface area contributed by atoms with Crippen LogP contribution in [0.25, 0.3) is 0 Å². The second-order valence-electron chi connectivity index (χ2n) is 5.26. The van der Waals surface area contributed by atoms with Gasteiger partial charge in [-0.3, -0.25) is 0 Å². The summed E-state index contributed by atoms with van der Waals surface area (Å²) in [6.45, 7) is 1.91. The van der Waals surface area contributed by atoms with Crippen molar-refractivity contribution in [2.24, 2.45) is 11.7 Å². The van der Waals surface area contributed by atoms with Crippen LogP contribution in [0, 0.1) is 5.92 Å². The van der Waals surface area contributed by atoms with E-state index in [4.69, 9.17) is 17.3 Å². The lowest BCUT2D eigenvalue weighted by atomic mass is 10.1. The van der Waals surface area contributed by atoms with Gasteiger partial charge in [0, 0.05) is 24.2 Å². The predicted molar refractivity (Wildman–Crippen MR) is 73.1 cm³/mol. The Labute approximate surface area is 109 Å². The first kappa shape index (κ1) is 12.9. The van der Waals surface area contributed by atoms with Crippen LogP contribution in [-0.2, 0) is 6.54 Å². The van der Waals surface area contributed by atoms with Crippen LogP contribution in [-0.4, -0.2) is 24.5 Å². The van der Waals surface area contributed by atoms with Gasteiger partial charge < -0.3 is 10.6 Å². The van der Waals surface area contributed by atoms with Gasteiger partial charge in [0.2, 0.25) is 0 Å². The first-order chi connectivity index (χ1) is 8.13. The topological polar surface area (TPSA) is 29.3 Å². The number of nitrogens with two attached hydrogens (primary N) is 1. The van der Waals surface area contributed by atoms with E-state index in [-0.39, 0.29) is 0 Å². The van der Waals surface area contributed by atoms with Crippen LogP contribution in [0.15, 0.2) is 24.3 Å². The zero-order chi connectivity index (χ0) is 12.3. The van der Waals surface area contributed by atoms with Crippen LogP contribution < -0.4 is 5.73 Å². The normalized spacial score (nSPS) is 17.4. The Morgan fingerprint density at radius 1 is 1.35 bits per heavy atom. The average molecular weight is 253 g/mol. The van der Waals surface area contributed by atoms with Crippen molar-refractivity contribution in [1.82, 2.24) is 4.90 Å². The molecule has 0 aliphatic heterocycles. The van der Waals surface area contributed by atoms with E-state index in [9.17, 15) is 0 Å². The monoisotopic (exact) mass is 252 g/mol. The summed E-state index contributed by atoms with van der Waals surface area (Å²) in [5, 5.41) is 0.793. The second-order valence-corrected chi connectivity index (χ2v) is 5.70. The van der Waals surface area contributed by atoms with E-state index in [1.807, 2.05) is 12.1 Å². The van der Waals surface area contributed by atoms with Gasteiger partial charge in [-0.15, -0.1) is 0 Å². The summed E-state index contributed by atoms with van der Waals surface area (Å²) < 4.78 is 0. The molecule has 1 atom stereocenters. The van der Waals surface area contributed by atoms with E-state index in [0.29, 0.717) is 6.04 Å². The molecule has 1 fully saturated rings. The molecule has 0 amide bonds. The molecule has 1 aromatic carbocycles. The van der Waals surface area contributed by atoms with E-state index in [0.717, 1.165) is 24.0 Å². The molecule has 0 radical (unpaired) electrons. The fraction of sp³-hybridized carbons (Fsp3) is 0.571. The van der Waals surface area contributed by atoms with Crippen molar-refractivity contribution in [3.05, 3.63) is 34.9 Å². The lowest BCUT2D eigenvalue weighted by Gasteiger charge is -2.21. The highest BCUT2D eigenvalue weighted by atomic mass is 35.5. The molecule has 94 valence electrons. The molecule has 2 rings (SSSR count). The van der Waals surface area contributed by atoms with Gasteiger partial charge in [-0.05, 0) is 37.1 Å². The Hall–Kier alpha value is -0.570. The molecular weight excluding hydrogens is 232 g/mol. The van der Waals surface area contributed by atoms with Crippen LogP contribution in [0.4, 0.5) is 0 Å². The molecule has 1 aromatic rings. The van der Waals surface area contributed by atoms with Gasteiger partial charge in [-0.2, -0.15) is 0 Å². The third kappa shape index (κ3) is 4.66. The number of halogens is 1. The summed E-state index contributed by atoms with van der Waals surface area (Å²) in [5.74, 6) is 0.911. The molecule has 0 heterocycles. The maximum atomic E-state index is 6.13. The van der Waals surface area contributed by atoms with Gasteiger partial charge in [-0.1, -0.05) is 36.6 Å². The van der Waals surface area contributed by atoms with Crippen molar-refractivity contribution in [2.45, 2.75) is 31.8 Å². The largest absolute Gasteiger partial charge is 0.327 e. The standard InChI is InChI=1S/C14H21ClN2/c1-17(10-14(16)8-11-2-3-11)9-12-4-6-13(15)7-5-12/h4-7,11,14H,2-3,8-10,16H2,1H3/t14-/m0/s1. The first-order valence-electron chi connectivity index (χ1n) is 6.32. The minimum atomic E-state index is 0.319. The van der Waals surface area contributed by atoms with E-state index >= 15 is 0 Å². The van der Waals surface area contributed by atoms with Gasteiger partial charge in [0.05, 0.1) is 0 Å². The fourth-order valence-corrected chi connectivity index (χ4v) is 2.35. The molecule has 0 unspecified atom stereocenters. The minimum absolute atomic E-state index is 0.319. The molecule has 0 spiro atoms. The maximum absolute atomic E-state index is 6.13. The highest BCUT2D eigenvalue weighted by Crippen LogP contribution is 2.33. The lowest BCUT2D eigenvalue weighted by molar-refractivity contribution is 0.293. The zero-order valence-corrected chi connectivity index (χ0v) is 11.2. The quantitative estimate of drug-likeness (QED) is 0.844. The zero-order valence-electron chi connectivity index (χ0n) is 10.4. The number of benzene rings is 1. The number of rotatable bonds is 6. The fourth-order valence-electron chi connectivity index (χ4n) is 2.22. The smallest absolute Gasteiger partial charge is 0.0406 e. The second kappa shape index (κ2) is 5.85. The Morgan fingerprint density at radius 2 is 2.00 bits per heavy atom. The number of nitrogens with zero attached hydrogens (tertiary/aromatic N) is 1. The molecule has 1 saturated carbocycles. The van der Waals surface area contributed by atoms with E-state index in [1.165, 1.54) is 24.8 Å².